The molecule has 2 rings (SSSR count). The van der Waals surface area contributed by atoms with Crippen LogP contribution in [-0.4, -0.2) is 7.05 Å². The topological polar surface area (TPSA) is 25.2 Å². The first-order valence-electron chi connectivity index (χ1n) is 5.35. The first-order valence-corrected chi connectivity index (χ1v) is 7.75. The predicted octanol–water partition coefficient (Wildman–Crippen LogP) is 4.74. The quantitative estimate of drug-likeness (QED) is 0.831. The first kappa shape index (κ1) is 13.3. The molecule has 2 aromatic heterocycles. The molecule has 0 aromatic carbocycles. The van der Waals surface area contributed by atoms with Crippen LogP contribution in [0.25, 0.3) is 0 Å². The van der Waals surface area contributed by atoms with Gasteiger partial charge in [0.2, 0.25) is 0 Å². The maximum atomic E-state index is 5.50. The minimum absolute atomic E-state index is 0.167. The van der Waals surface area contributed by atoms with E-state index in [1.165, 1.54) is 11.1 Å². The van der Waals surface area contributed by atoms with Crippen molar-refractivity contribution in [1.29, 1.82) is 0 Å². The van der Waals surface area contributed by atoms with Crippen molar-refractivity contribution in [2.45, 2.75) is 19.4 Å². The molecule has 5 heteroatoms. The number of hydrogen-bond acceptors (Lipinski definition) is 3. The maximum absolute atomic E-state index is 5.50. The number of halogens is 2. The summed E-state index contributed by atoms with van der Waals surface area (Å²) in [6.07, 6.45) is 2.66. The molecule has 0 aliphatic heterocycles. The summed E-state index contributed by atoms with van der Waals surface area (Å²) >= 11 is 8.81. The minimum Gasteiger partial charge on any atom is -0.469 e. The van der Waals surface area contributed by atoms with E-state index in [0.29, 0.717) is 0 Å². The minimum atomic E-state index is 0.167. The molecule has 0 saturated heterocycles. The van der Waals surface area contributed by atoms with Gasteiger partial charge in [0, 0.05) is 12.0 Å². The summed E-state index contributed by atoms with van der Waals surface area (Å²) in [6.45, 7) is 2.10. The summed E-state index contributed by atoms with van der Waals surface area (Å²) in [7, 11) is 1.97. The summed E-state index contributed by atoms with van der Waals surface area (Å²) in [5, 5.41) is 3.35. The van der Waals surface area contributed by atoms with Crippen molar-refractivity contribution in [2.24, 2.45) is 0 Å². The van der Waals surface area contributed by atoms with Crippen LogP contribution in [-0.2, 0) is 6.42 Å². The Morgan fingerprint density at radius 3 is 2.71 bits per heavy atom. The van der Waals surface area contributed by atoms with Crippen LogP contribution in [0.1, 0.15) is 29.9 Å². The molecule has 0 saturated carbocycles. The van der Waals surface area contributed by atoms with Gasteiger partial charge in [-0.25, -0.2) is 0 Å². The molecule has 0 amide bonds. The van der Waals surface area contributed by atoms with Gasteiger partial charge in [0.25, 0.3) is 0 Å². The largest absolute Gasteiger partial charge is 0.469 e. The van der Waals surface area contributed by atoms with E-state index in [2.05, 4.69) is 50.2 Å². The first-order chi connectivity index (χ1) is 8.17. The lowest BCUT2D eigenvalue weighted by Gasteiger charge is -2.15. The van der Waals surface area contributed by atoms with Gasteiger partial charge in [-0.3, -0.25) is 0 Å². The average Bonchev–Trinajstić information content (AvgIpc) is 2.88. The van der Waals surface area contributed by atoms with E-state index in [0.717, 1.165) is 19.8 Å². The smallest absolute Gasteiger partial charge is 0.108 e. The second kappa shape index (κ2) is 5.69. The molecule has 1 unspecified atom stereocenters. The normalized spacial score (nSPS) is 12.9. The van der Waals surface area contributed by atoms with Crippen LogP contribution >= 0.6 is 43.2 Å². The summed E-state index contributed by atoms with van der Waals surface area (Å²) < 4.78 is 7.77. The van der Waals surface area contributed by atoms with Gasteiger partial charge in [0.05, 0.1) is 19.9 Å². The van der Waals surface area contributed by atoms with Gasteiger partial charge in [-0.1, -0.05) is 6.92 Å². The molecular weight excluding hydrogens is 366 g/mol. The number of hydrogen-bond donors (Lipinski definition) is 1. The SMILES string of the molecule is CCc1occc1C(NC)c1cc(Br)sc1Br. The molecule has 17 heavy (non-hydrogen) atoms. The van der Waals surface area contributed by atoms with E-state index in [1.54, 1.807) is 17.6 Å². The molecule has 0 fully saturated rings. The lowest BCUT2D eigenvalue weighted by molar-refractivity contribution is 0.505. The van der Waals surface area contributed by atoms with Gasteiger partial charge in [-0.15, -0.1) is 11.3 Å². The molecule has 2 aromatic rings. The zero-order valence-corrected chi connectivity index (χ0v) is 13.6. The van der Waals surface area contributed by atoms with E-state index in [4.69, 9.17) is 4.42 Å². The number of thiophene rings is 1. The lowest BCUT2D eigenvalue weighted by Crippen LogP contribution is -2.18. The summed E-state index contributed by atoms with van der Waals surface area (Å²) in [6, 6.07) is 4.35. The Balaban J connectivity index is 2.43. The average molecular weight is 379 g/mol. The van der Waals surface area contributed by atoms with Crippen LogP contribution < -0.4 is 5.32 Å². The maximum Gasteiger partial charge on any atom is 0.108 e. The fraction of sp³-hybridized carbons (Fsp3) is 0.333. The van der Waals surface area contributed by atoms with Crippen molar-refractivity contribution >= 4 is 43.2 Å². The van der Waals surface area contributed by atoms with Gasteiger partial charge >= 0.3 is 0 Å². The number of aryl methyl sites for hydroxylation is 1. The third-order valence-electron chi connectivity index (χ3n) is 2.69. The molecule has 0 spiro atoms. The highest BCUT2D eigenvalue weighted by molar-refractivity contribution is 9.12. The van der Waals surface area contributed by atoms with Crippen LogP contribution in [0.15, 0.2) is 30.4 Å². The van der Waals surface area contributed by atoms with Crippen LogP contribution in [0, 0.1) is 0 Å². The molecule has 1 N–H and O–H groups in total. The monoisotopic (exact) mass is 377 g/mol. The summed E-state index contributed by atoms with van der Waals surface area (Å²) in [4.78, 5) is 0. The van der Waals surface area contributed by atoms with Crippen LogP contribution in [0.3, 0.4) is 0 Å². The van der Waals surface area contributed by atoms with E-state index >= 15 is 0 Å². The summed E-state index contributed by atoms with van der Waals surface area (Å²) in [5.41, 5.74) is 2.45. The highest BCUT2D eigenvalue weighted by atomic mass is 79.9. The fourth-order valence-electron chi connectivity index (χ4n) is 1.92. The molecule has 0 aliphatic carbocycles. The highest BCUT2D eigenvalue weighted by Crippen LogP contribution is 2.38. The Bertz CT molecular complexity index is 506. The molecule has 92 valence electrons. The number of nitrogens with one attached hydrogen (secondary N) is 1. The fourth-order valence-corrected chi connectivity index (χ4v) is 4.83. The van der Waals surface area contributed by atoms with Gasteiger partial charge in [-0.05, 0) is 56.6 Å². The molecular formula is C12H13Br2NOS. The van der Waals surface area contributed by atoms with Crippen molar-refractivity contribution in [3.05, 3.63) is 42.9 Å². The Kier molecular flexibility index (Phi) is 4.47. The zero-order valence-electron chi connectivity index (χ0n) is 9.59. The molecule has 2 heterocycles. The van der Waals surface area contributed by atoms with Crippen molar-refractivity contribution in [2.75, 3.05) is 7.05 Å². The second-order valence-corrected chi connectivity index (χ2v) is 7.40. The summed E-state index contributed by atoms with van der Waals surface area (Å²) in [5.74, 6) is 1.04. The second-order valence-electron chi connectivity index (χ2n) is 3.65. The standard InChI is InChI=1S/C12H13Br2NOS/c1-3-9-7(4-5-16-9)11(15-2)8-6-10(13)17-12(8)14/h4-6,11,15H,3H2,1-2H3. The van der Waals surface area contributed by atoms with Crippen molar-refractivity contribution in [1.82, 2.24) is 5.32 Å². The lowest BCUT2D eigenvalue weighted by atomic mass is 10.0. The Morgan fingerprint density at radius 1 is 1.41 bits per heavy atom. The molecule has 0 bridgehead atoms. The zero-order chi connectivity index (χ0) is 12.4. The van der Waals surface area contributed by atoms with Crippen LogP contribution in [0.2, 0.25) is 0 Å². The van der Waals surface area contributed by atoms with E-state index in [-0.39, 0.29) is 6.04 Å². The van der Waals surface area contributed by atoms with E-state index in [1.807, 2.05) is 13.1 Å². The Labute approximate surface area is 122 Å². The van der Waals surface area contributed by atoms with Gasteiger partial charge in [-0.2, -0.15) is 0 Å². The third-order valence-corrected chi connectivity index (χ3v) is 5.08. The molecule has 2 nitrogen and oxygen atoms in total. The van der Waals surface area contributed by atoms with Gasteiger partial charge in [0.1, 0.15) is 5.76 Å². The predicted molar refractivity (Wildman–Crippen MR) is 78.7 cm³/mol. The Hall–Kier alpha value is -0.100. The third kappa shape index (κ3) is 2.67. The van der Waals surface area contributed by atoms with Gasteiger partial charge < -0.3 is 9.73 Å². The van der Waals surface area contributed by atoms with Crippen LogP contribution in [0.5, 0.6) is 0 Å². The van der Waals surface area contributed by atoms with E-state index < -0.39 is 0 Å². The van der Waals surface area contributed by atoms with Crippen molar-refractivity contribution in [3.63, 3.8) is 0 Å². The van der Waals surface area contributed by atoms with E-state index in [9.17, 15) is 0 Å². The molecule has 0 radical (unpaired) electrons. The highest BCUT2D eigenvalue weighted by Gasteiger charge is 2.21. The molecule has 1 atom stereocenters. The Morgan fingerprint density at radius 2 is 2.18 bits per heavy atom. The number of furan rings is 1. The van der Waals surface area contributed by atoms with Crippen molar-refractivity contribution < 1.29 is 4.42 Å². The van der Waals surface area contributed by atoms with Crippen LogP contribution in [0.4, 0.5) is 0 Å². The van der Waals surface area contributed by atoms with Gasteiger partial charge in [0.15, 0.2) is 0 Å². The number of rotatable bonds is 4. The molecule has 0 aliphatic rings. The van der Waals surface area contributed by atoms with Crippen molar-refractivity contribution in [3.8, 4) is 0 Å².